The van der Waals surface area contributed by atoms with Crippen molar-refractivity contribution < 1.29 is 4.52 Å². The van der Waals surface area contributed by atoms with Crippen molar-refractivity contribution in [2.75, 3.05) is 0 Å². The first kappa shape index (κ1) is 5.83. The van der Waals surface area contributed by atoms with Gasteiger partial charge < -0.3 is 8.92 Å². The van der Waals surface area contributed by atoms with Crippen molar-refractivity contribution in [2.45, 2.75) is 0 Å². The molecule has 12 heavy (non-hydrogen) atoms. The summed E-state index contributed by atoms with van der Waals surface area (Å²) in [7, 11) is 0. The molecule has 3 nitrogen and oxygen atoms in total. The first-order valence-corrected chi connectivity index (χ1v) is 3.75. The molecule has 0 saturated carbocycles. The number of aromatic nitrogens is 2. The summed E-state index contributed by atoms with van der Waals surface area (Å²) in [5.74, 6) is 0. The van der Waals surface area contributed by atoms with Crippen molar-refractivity contribution in [1.29, 1.82) is 0 Å². The molecule has 0 fully saturated rings. The van der Waals surface area contributed by atoms with Gasteiger partial charge in [-0.15, -0.1) is 0 Å². The second-order valence-electron chi connectivity index (χ2n) is 2.73. The molecule has 58 valence electrons. The summed E-state index contributed by atoms with van der Waals surface area (Å²) in [6, 6.07) is 5.99. The summed E-state index contributed by atoms with van der Waals surface area (Å²) in [4.78, 5) is 0. The van der Waals surface area contributed by atoms with Crippen molar-refractivity contribution in [3.63, 3.8) is 0 Å². The Kier molecular flexibility index (Phi) is 0.913. The quantitative estimate of drug-likeness (QED) is 0.501. The third-order valence-corrected chi connectivity index (χ3v) is 2.03. The fourth-order valence-electron chi connectivity index (χ4n) is 1.44. The van der Waals surface area contributed by atoms with E-state index in [1.54, 1.807) is 6.26 Å². The molecule has 0 spiro atoms. The lowest BCUT2D eigenvalue weighted by molar-refractivity contribution is 0.428. The maximum absolute atomic E-state index is 4.88. The van der Waals surface area contributed by atoms with Crippen LogP contribution in [0.1, 0.15) is 0 Å². The molecular weight excluding hydrogens is 152 g/mol. The van der Waals surface area contributed by atoms with Gasteiger partial charge >= 0.3 is 0 Å². The van der Waals surface area contributed by atoms with Gasteiger partial charge in [0.25, 0.3) is 0 Å². The van der Waals surface area contributed by atoms with Crippen LogP contribution in [0.4, 0.5) is 0 Å². The Morgan fingerprint density at radius 2 is 2.25 bits per heavy atom. The Morgan fingerprint density at radius 3 is 3.25 bits per heavy atom. The Bertz CT molecular complexity index is 486. The van der Waals surface area contributed by atoms with Gasteiger partial charge in [0.15, 0.2) is 0 Å². The van der Waals surface area contributed by atoms with Crippen molar-refractivity contribution in [3.05, 3.63) is 36.9 Å². The van der Waals surface area contributed by atoms with E-state index in [-0.39, 0.29) is 0 Å². The third-order valence-electron chi connectivity index (χ3n) is 2.03. The van der Waals surface area contributed by atoms with E-state index in [1.165, 1.54) is 0 Å². The molecule has 3 aromatic rings. The van der Waals surface area contributed by atoms with Crippen LogP contribution in [0.3, 0.4) is 0 Å². The number of hydrogen-bond donors (Lipinski definition) is 0. The molecular formula is C9H6N2O. The number of nitrogens with zero attached hydrogens (tertiary/aromatic N) is 2. The van der Waals surface area contributed by atoms with E-state index in [2.05, 4.69) is 5.16 Å². The largest absolute Gasteiger partial charge is 0.363 e. The van der Waals surface area contributed by atoms with Crippen LogP contribution in [0.15, 0.2) is 41.4 Å². The molecule has 0 N–H and O–H groups in total. The number of hydrogen-bond acceptors (Lipinski definition) is 2. The van der Waals surface area contributed by atoms with Crippen molar-refractivity contribution >= 4 is 16.4 Å². The molecule has 3 aromatic heterocycles. The number of rotatable bonds is 0. The second-order valence-corrected chi connectivity index (χ2v) is 2.73. The Morgan fingerprint density at radius 1 is 1.25 bits per heavy atom. The topological polar surface area (TPSA) is 30.4 Å². The van der Waals surface area contributed by atoms with Crippen molar-refractivity contribution in [1.82, 2.24) is 9.56 Å². The first-order chi connectivity index (χ1) is 5.95. The number of pyridine rings is 1. The molecule has 0 saturated heterocycles. The van der Waals surface area contributed by atoms with E-state index >= 15 is 0 Å². The molecule has 0 aliphatic carbocycles. The molecule has 0 aromatic carbocycles. The monoisotopic (exact) mass is 158 g/mol. The molecule has 0 unspecified atom stereocenters. The SMILES string of the molecule is c1cc2c3nocc3ccn2c1. The van der Waals surface area contributed by atoms with E-state index in [0.717, 1.165) is 16.4 Å². The lowest BCUT2D eigenvalue weighted by Gasteiger charge is -1.92. The smallest absolute Gasteiger partial charge is 0.137 e. The normalized spacial score (nSPS) is 11.3. The van der Waals surface area contributed by atoms with Gasteiger partial charge in [-0.25, -0.2) is 0 Å². The standard InChI is InChI=1S/C9H6N2O/c1-2-8-9-7(6-12-10-9)3-5-11(8)4-1/h1-6H. The molecule has 0 radical (unpaired) electrons. The molecule has 3 rings (SSSR count). The van der Waals surface area contributed by atoms with Gasteiger partial charge in [-0.2, -0.15) is 0 Å². The molecule has 3 heterocycles. The minimum atomic E-state index is 0.919. The van der Waals surface area contributed by atoms with E-state index in [4.69, 9.17) is 4.52 Å². The lowest BCUT2D eigenvalue weighted by atomic mass is 10.3. The third kappa shape index (κ3) is 0.580. The van der Waals surface area contributed by atoms with Gasteiger partial charge in [0.1, 0.15) is 11.8 Å². The zero-order valence-electron chi connectivity index (χ0n) is 6.27. The molecule has 0 amide bonds. The maximum atomic E-state index is 4.88. The molecule has 0 bridgehead atoms. The summed E-state index contributed by atoms with van der Waals surface area (Å²) < 4.78 is 6.90. The summed E-state index contributed by atoms with van der Waals surface area (Å²) in [5, 5.41) is 4.97. The van der Waals surface area contributed by atoms with Crippen LogP contribution in [0.2, 0.25) is 0 Å². The van der Waals surface area contributed by atoms with Crippen LogP contribution < -0.4 is 0 Å². The van der Waals surface area contributed by atoms with Crippen LogP contribution in [0.5, 0.6) is 0 Å². The van der Waals surface area contributed by atoms with Gasteiger partial charge in [0, 0.05) is 17.8 Å². The number of fused-ring (bicyclic) bond motifs is 3. The summed E-state index contributed by atoms with van der Waals surface area (Å²) >= 11 is 0. The minimum Gasteiger partial charge on any atom is -0.363 e. The van der Waals surface area contributed by atoms with Crippen LogP contribution in [-0.4, -0.2) is 9.56 Å². The Balaban J connectivity index is 2.71. The average Bonchev–Trinajstić information content (AvgIpc) is 2.71. The van der Waals surface area contributed by atoms with Crippen LogP contribution >= 0.6 is 0 Å². The van der Waals surface area contributed by atoms with Crippen LogP contribution in [0, 0.1) is 0 Å². The zero-order chi connectivity index (χ0) is 7.97. The summed E-state index contributed by atoms with van der Waals surface area (Å²) in [6.45, 7) is 0. The highest BCUT2D eigenvalue weighted by Gasteiger charge is 2.02. The van der Waals surface area contributed by atoms with Crippen LogP contribution in [0.25, 0.3) is 16.4 Å². The van der Waals surface area contributed by atoms with Gasteiger partial charge in [0.2, 0.25) is 0 Å². The molecule has 0 atom stereocenters. The minimum absolute atomic E-state index is 0.919. The van der Waals surface area contributed by atoms with Gasteiger partial charge in [-0.05, 0) is 18.2 Å². The van der Waals surface area contributed by atoms with Gasteiger partial charge in [-0.1, -0.05) is 5.16 Å². The fourth-order valence-corrected chi connectivity index (χ4v) is 1.44. The molecule has 0 aliphatic heterocycles. The predicted octanol–water partition coefficient (Wildman–Crippen LogP) is 2.08. The van der Waals surface area contributed by atoms with Crippen molar-refractivity contribution in [3.8, 4) is 0 Å². The summed E-state index contributed by atoms with van der Waals surface area (Å²) in [5.41, 5.74) is 2.00. The van der Waals surface area contributed by atoms with E-state index in [9.17, 15) is 0 Å². The highest BCUT2D eigenvalue weighted by Crippen LogP contribution is 2.17. The Hall–Kier alpha value is -1.77. The van der Waals surface area contributed by atoms with E-state index in [0.29, 0.717) is 0 Å². The summed E-state index contributed by atoms with van der Waals surface area (Å²) in [6.07, 6.45) is 5.64. The maximum Gasteiger partial charge on any atom is 0.137 e. The lowest BCUT2D eigenvalue weighted by Crippen LogP contribution is -1.80. The van der Waals surface area contributed by atoms with E-state index < -0.39 is 0 Å². The van der Waals surface area contributed by atoms with Crippen molar-refractivity contribution in [2.24, 2.45) is 0 Å². The first-order valence-electron chi connectivity index (χ1n) is 3.75. The predicted molar refractivity (Wildman–Crippen MR) is 45.0 cm³/mol. The fraction of sp³-hybridized carbons (Fsp3) is 0. The van der Waals surface area contributed by atoms with E-state index in [1.807, 2.05) is 35.0 Å². The highest BCUT2D eigenvalue weighted by molar-refractivity contribution is 5.91. The Labute approximate surface area is 68.2 Å². The second kappa shape index (κ2) is 1.88. The van der Waals surface area contributed by atoms with Gasteiger partial charge in [-0.3, -0.25) is 0 Å². The molecule has 3 heteroatoms. The van der Waals surface area contributed by atoms with Gasteiger partial charge in [0.05, 0.1) is 5.52 Å². The average molecular weight is 158 g/mol. The molecule has 0 aliphatic rings. The highest BCUT2D eigenvalue weighted by atomic mass is 16.5. The zero-order valence-corrected chi connectivity index (χ0v) is 6.27. The van der Waals surface area contributed by atoms with Crippen LogP contribution in [-0.2, 0) is 0 Å².